The van der Waals surface area contributed by atoms with E-state index >= 15 is 0 Å². The van der Waals surface area contributed by atoms with Crippen LogP contribution < -0.4 is 4.90 Å². The molecule has 1 unspecified atom stereocenters. The zero-order chi connectivity index (χ0) is 25.4. The Hall–Kier alpha value is -4.10. The van der Waals surface area contributed by atoms with Gasteiger partial charge < -0.3 is 4.90 Å². The summed E-state index contributed by atoms with van der Waals surface area (Å²) in [6.45, 7) is 1.43. The average Bonchev–Trinajstić information content (AvgIpc) is 3.30. The van der Waals surface area contributed by atoms with Gasteiger partial charge in [-0.15, -0.1) is 0 Å². The molecule has 6 rings (SSSR count). The fraction of sp³-hybridized carbons (Fsp3) is 0.179. The third kappa shape index (κ3) is 2.77. The van der Waals surface area contributed by atoms with E-state index in [1.807, 2.05) is 11.0 Å². The number of nitro benzene ring substituents is 1. The molecule has 2 heterocycles. The zero-order valence-electron chi connectivity index (χ0n) is 19.1. The summed E-state index contributed by atoms with van der Waals surface area (Å²) < 4.78 is 0. The van der Waals surface area contributed by atoms with Gasteiger partial charge in [-0.3, -0.25) is 24.5 Å². The summed E-state index contributed by atoms with van der Waals surface area (Å²) in [5.41, 5.74) is 0.606. The van der Waals surface area contributed by atoms with Crippen molar-refractivity contribution >= 4 is 46.4 Å². The van der Waals surface area contributed by atoms with Crippen LogP contribution in [0.15, 0.2) is 72.8 Å². The lowest BCUT2D eigenvalue weighted by Crippen LogP contribution is -2.48. The van der Waals surface area contributed by atoms with Crippen molar-refractivity contribution in [2.24, 2.45) is 5.41 Å². The van der Waals surface area contributed by atoms with Crippen molar-refractivity contribution in [3.05, 3.63) is 110 Å². The molecule has 178 valence electrons. The lowest BCUT2D eigenvalue weighted by molar-refractivity contribution is -0.384. The van der Waals surface area contributed by atoms with Gasteiger partial charge in [-0.25, -0.2) is 0 Å². The van der Waals surface area contributed by atoms with Crippen LogP contribution in [0.5, 0.6) is 0 Å². The number of carbonyl (C=O) groups is 3. The van der Waals surface area contributed by atoms with Crippen LogP contribution in [-0.2, 0) is 4.79 Å². The van der Waals surface area contributed by atoms with E-state index in [-0.39, 0.29) is 23.0 Å². The number of hydrogen-bond acceptors (Lipinski definition) is 6. The number of non-ortho nitro benzene ring substituents is 1. The molecule has 0 amide bonds. The monoisotopic (exact) mass is 498 g/mol. The minimum absolute atomic E-state index is 0.173. The molecule has 0 N–H and O–H groups in total. The molecule has 1 saturated heterocycles. The predicted octanol–water partition coefficient (Wildman–Crippen LogP) is 5.27. The number of halogens is 1. The number of Topliss-reactive ketones (excluding diaryl/α,β-unsaturated/α-hetero) is 3. The quantitative estimate of drug-likeness (QED) is 0.277. The molecule has 2 aliphatic heterocycles. The standard InChI is InChI=1S/C28H19ClN2O5/c1-15(32)25-24(17-5-4-6-19(14-17)31(35)36)28(26(33)20-7-2-3-8-21(20)27(28)34)23-12-9-16-13-18(29)10-11-22(16)30(23)25/h2-14,23-25H,1H3/t23?,24-,25-/m1/s1. The van der Waals surface area contributed by atoms with Crippen LogP contribution in [-0.4, -0.2) is 34.4 Å². The fourth-order valence-electron chi connectivity index (χ4n) is 6.31. The van der Waals surface area contributed by atoms with Crippen LogP contribution in [0.3, 0.4) is 0 Å². The largest absolute Gasteiger partial charge is 0.352 e. The number of ketones is 3. The van der Waals surface area contributed by atoms with Gasteiger partial charge >= 0.3 is 0 Å². The van der Waals surface area contributed by atoms with Crippen LogP contribution in [0, 0.1) is 15.5 Å². The van der Waals surface area contributed by atoms with Crippen molar-refractivity contribution < 1.29 is 19.3 Å². The SMILES string of the molecule is CC(=O)[C@@H]1[C@@H](c2cccc([N+](=O)[O-])c2)C2(C(=O)c3ccccc3C2=O)C2C=Cc3cc(Cl)ccc3N21. The molecular weight excluding hydrogens is 480 g/mol. The summed E-state index contributed by atoms with van der Waals surface area (Å²) in [4.78, 5) is 54.8. The molecule has 7 nitrogen and oxygen atoms in total. The summed E-state index contributed by atoms with van der Waals surface area (Å²) >= 11 is 6.23. The van der Waals surface area contributed by atoms with Gasteiger partial charge in [0, 0.05) is 39.9 Å². The van der Waals surface area contributed by atoms with Crippen LogP contribution in [0.4, 0.5) is 11.4 Å². The Morgan fingerprint density at radius 3 is 2.33 bits per heavy atom. The van der Waals surface area contributed by atoms with E-state index in [0.717, 1.165) is 5.56 Å². The maximum atomic E-state index is 14.3. The highest BCUT2D eigenvalue weighted by Crippen LogP contribution is 2.60. The summed E-state index contributed by atoms with van der Waals surface area (Å²) in [5, 5.41) is 12.1. The molecule has 8 heteroatoms. The molecule has 0 radical (unpaired) electrons. The molecule has 3 aromatic carbocycles. The number of benzene rings is 3. The first-order chi connectivity index (χ1) is 17.3. The molecule has 3 aliphatic rings. The van der Waals surface area contributed by atoms with Crippen LogP contribution in [0.1, 0.15) is 44.7 Å². The minimum atomic E-state index is -1.66. The molecule has 0 aromatic heterocycles. The smallest absolute Gasteiger partial charge is 0.269 e. The van der Waals surface area contributed by atoms with Crippen molar-refractivity contribution in [1.29, 1.82) is 0 Å². The summed E-state index contributed by atoms with van der Waals surface area (Å²) in [6, 6.07) is 16.1. The molecule has 1 aliphatic carbocycles. The van der Waals surface area contributed by atoms with Crippen molar-refractivity contribution in [2.75, 3.05) is 4.90 Å². The molecule has 3 atom stereocenters. The first-order valence-electron chi connectivity index (χ1n) is 11.5. The highest BCUT2D eigenvalue weighted by atomic mass is 35.5. The first kappa shape index (κ1) is 22.4. The van der Waals surface area contributed by atoms with Crippen molar-refractivity contribution in [1.82, 2.24) is 0 Å². The van der Waals surface area contributed by atoms with E-state index in [4.69, 9.17) is 11.6 Å². The average molecular weight is 499 g/mol. The Balaban J connectivity index is 1.68. The minimum Gasteiger partial charge on any atom is -0.352 e. The number of carbonyl (C=O) groups excluding carboxylic acids is 3. The lowest BCUT2D eigenvalue weighted by Gasteiger charge is -2.37. The summed E-state index contributed by atoms with van der Waals surface area (Å²) in [6.07, 6.45) is 3.61. The van der Waals surface area contributed by atoms with Crippen LogP contribution in [0.2, 0.25) is 5.02 Å². The Labute approximate surface area is 211 Å². The number of hydrogen-bond donors (Lipinski definition) is 0. The number of rotatable bonds is 3. The normalized spacial score (nSPS) is 22.9. The van der Waals surface area contributed by atoms with E-state index in [2.05, 4.69) is 0 Å². The highest BCUT2D eigenvalue weighted by Gasteiger charge is 2.71. The van der Waals surface area contributed by atoms with Gasteiger partial charge in [0.1, 0.15) is 5.41 Å². The van der Waals surface area contributed by atoms with Gasteiger partial charge in [0.15, 0.2) is 17.3 Å². The predicted molar refractivity (Wildman–Crippen MR) is 135 cm³/mol. The Morgan fingerprint density at radius 2 is 1.69 bits per heavy atom. The highest BCUT2D eigenvalue weighted by molar-refractivity contribution is 6.32. The Kier molecular flexibility index (Phi) is 4.78. The van der Waals surface area contributed by atoms with Crippen molar-refractivity contribution in [2.45, 2.75) is 24.9 Å². The van der Waals surface area contributed by atoms with Crippen LogP contribution in [0.25, 0.3) is 6.08 Å². The molecule has 36 heavy (non-hydrogen) atoms. The number of nitrogens with zero attached hydrogens (tertiary/aromatic N) is 2. The van der Waals surface area contributed by atoms with Crippen molar-refractivity contribution in [3.8, 4) is 0 Å². The molecule has 1 fully saturated rings. The van der Waals surface area contributed by atoms with Gasteiger partial charge in [0.25, 0.3) is 5.69 Å². The third-order valence-electron chi connectivity index (χ3n) is 7.62. The van der Waals surface area contributed by atoms with E-state index in [0.29, 0.717) is 27.4 Å². The topological polar surface area (TPSA) is 97.6 Å². The fourth-order valence-corrected chi connectivity index (χ4v) is 6.49. The molecule has 1 spiro atoms. The maximum absolute atomic E-state index is 14.3. The van der Waals surface area contributed by atoms with E-state index in [9.17, 15) is 24.5 Å². The maximum Gasteiger partial charge on any atom is 0.269 e. The van der Waals surface area contributed by atoms with E-state index in [1.54, 1.807) is 54.6 Å². The van der Waals surface area contributed by atoms with Crippen molar-refractivity contribution in [3.63, 3.8) is 0 Å². The first-order valence-corrected chi connectivity index (χ1v) is 11.8. The second-order valence-electron chi connectivity index (χ2n) is 9.37. The lowest BCUT2D eigenvalue weighted by atomic mass is 9.64. The molecule has 0 bridgehead atoms. The number of nitro groups is 1. The number of anilines is 1. The van der Waals surface area contributed by atoms with E-state index in [1.165, 1.54) is 25.1 Å². The second-order valence-corrected chi connectivity index (χ2v) is 9.81. The second kappa shape index (κ2) is 7.70. The third-order valence-corrected chi connectivity index (χ3v) is 7.86. The van der Waals surface area contributed by atoms with E-state index < -0.39 is 28.3 Å². The summed E-state index contributed by atoms with van der Waals surface area (Å²) in [7, 11) is 0. The molecule has 0 saturated carbocycles. The number of fused-ring (bicyclic) bond motifs is 5. The van der Waals surface area contributed by atoms with Gasteiger partial charge in [0.2, 0.25) is 0 Å². The van der Waals surface area contributed by atoms with Crippen LogP contribution >= 0.6 is 11.6 Å². The molecule has 3 aromatic rings. The Morgan fingerprint density at radius 1 is 1.00 bits per heavy atom. The zero-order valence-corrected chi connectivity index (χ0v) is 19.8. The summed E-state index contributed by atoms with van der Waals surface area (Å²) in [5.74, 6) is -1.94. The van der Waals surface area contributed by atoms with Gasteiger partial charge in [0.05, 0.1) is 17.0 Å². The van der Waals surface area contributed by atoms with Gasteiger partial charge in [-0.05, 0) is 36.2 Å². The van der Waals surface area contributed by atoms with Gasteiger partial charge in [-0.2, -0.15) is 0 Å². The van der Waals surface area contributed by atoms with Gasteiger partial charge in [-0.1, -0.05) is 60.2 Å². The molecular formula is C28H19ClN2O5. The Bertz CT molecular complexity index is 1510.